The molecule has 39 heavy (non-hydrogen) atoms. The summed E-state index contributed by atoms with van der Waals surface area (Å²) in [5.74, 6) is -0.0845. The van der Waals surface area contributed by atoms with Crippen molar-refractivity contribution in [1.82, 2.24) is 20.4 Å². The Hall–Kier alpha value is -3.45. The minimum atomic E-state index is -0.730. The second kappa shape index (κ2) is 14.1. The Morgan fingerprint density at radius 1 is 1.00 bits per heavy atom. The number of unbranched alkanes of at least 4 members (excludes halogenated alkanes) is 1. The first kappa shape index (κ1) is 28.6. The zero-order valence-corrected chi connectivity index (χ0v) is 23.1. The van der Waals surface area contributed by atoms with Gasteiger partial charge in [-0.05, 0) is 62.1 Å². The molecule has 0 radical (unpaired) electrons. The van der Waals surface area contributed by atoms with Crippen LogP contribution < -0.4 is 10.6 Å². The molecule has 2 aromatic carbocycles. The Balaban J connectivity index is 1.23. The van der Waals surface area contributed by atoms with Crippen molar-refractivity contribution in [3.63, 3.8) is 0 Å². The molecule has 0 bridgehead atoms. The van der Waals surface area contributed by atoms with Crippen LogP contribution in [0.3, 0.4) is 0 Å². The summed E-state index contributed by atoms with van der Waals surface area (Å²) in [7, 11) is 0. The van der Waals surface area contributed by atoms with E-state index in [2.05, 4.69) is 46.7 Å². The number of carbonyl (C=O) groups excluding carboxylic acids is 3. The van der Waals surface area contributed by atoms with E-state index < -0.39 is 11.6 Å². The van der Waals surface area contributed by atoms with Crippen molar-refractivity contribution in [2.75, 3.05) is 32.7 Å². The number of nitrogens with one attached hydrogen (secondary N) is 2. The molecule has 2 saturated heterocycles. The first-order valence-corrected chi connectivity index (χ1v) is 14.4. The standard InChI is InChI=1S/C32H42N4O3/c1-2-22-36-30(38)28(15-9-10-21-33-29(37)17-16-26-11-5-3-6-12-26)34-31(39)32(36)19-24-35(25-20-32)23-18-27-13-7-4-8-14-27/h3-8,11-14,16-17,28H,2,9-10,15,18-25H2,1H3,(H,33,37)(H,34,39)/b17-16+/t28-/m0/s1. The molecule has 7 nitrogen and oxygen atoms in total. The van der Waals surface area contributed by atoms with Gasteiger partial charge in [0.15, 0.2) is 0 Å². The number of hydrogen-bond acceptors (Lipinski definition) is 4. The quantitative estimate of drug-likeness (QED) is 0.323. The Morgan fingerprint density at radius 2 is 1.69 bits per heavy atom. The van der Waals surface area contributed by atoms with Crippen molar-refractivity contribution >= 4 is 23.8 Å². The van der Waals surface area contributed by atoms with Crippen molar-refractivity contribution in [2.45, 2.75) is 63.5 Å². The van der Waals surface area contributed by atoms with Gasteiger partial charge in [-0.2, -0.15) is 0 Å². The molecule has 1 spiro atoms. The van der Waals surface area contributed by atoms with E-state index in [9.17, 15) is 14.4 Å². The van der Waals surface area contributed by atoms with Crippen LogP contribution in [0.1, 0.15) is 56.6 Å². The summed E-state index contributed by atoms with van der Waals surface area (Å²) in [5, 5.41) is 5.98. The third-order valence-electron chi connectivity index (χ3n) is 7.94. The molecular weight excluding hydrogens is 488 g/mol. The largest absolute Gasteiger partial charge is 0.353 e. The fourth-order valence-electron chi connectivity index (χ4n) is 5.67. The third kappa shape index (κ3) is 7.57. The first-order valence-electron chi connectivity index (χ1n) is 14.4. The lowest BCUT2D eigenvalue weighted by Gasteiger charge is -2.51. The van der Waals surface area contributed by atoms with Gasteiger partial charge in [-0.1, -0.05) is 67.6 Å². The Kier molecular flexibility index (Phi) is 10.3. The SMILES string of the molecule is CCCN1C(=O)[C@H](CCCCNC(=O)/C=C/c2ccccc2)NC(=O)C12CCN(CCc1ccccc1)CC2. The van der Waals surface area contributed by atoms with Crippen LogP contribution in [-0.2, 0) is 20.8 Å². The van der Waals surface area contributed by atoms with E-state index in [-0.39, 0.29) is 17.7 Å². The lowest BCUT2D eigenvalue weighted by molar-refractivity contribution is -0.161. The van der Waals surface area contributed by atoms with Crippen molar-refractivity contribution in [2.24, 2.45) is 0 Å². The average Bonchev–Trinajstić information content (AvgIpc) is 2.97. The predicted octanol–water partition coefficient (Wildman–Crippen LogP) is 3.80. The molecule has 1 atom stereocenters. The Bertz CT molecular complexity index is 1110. The van der Waals surface area contributed by atoms with E-state index in [0.29, 0.717) is 32.4 Å². The number of hydrogen-bond donors (Lipinski definition) is 2. The minimum absolute atomic E-state index is 0.00242. The average molecular weight is 531 g/mol. The van der Waals surface area contributed by atoms with Gasteiger partial charge in [-0.15, -0.1) is 0 Å². The molecule has 2 fully saturated rings. The maximum Gasteiger partial charge on any atom is 0.246 e. The molecule has 2 heterocycles. The van der Waals surface area contributed by atoms with Gasteiger partial charge >= 0.3 is 0 Å². The molecule has 4 rings (SSSR count). The van der Waals surface area contributed by atoms with Gasteiger partial charge in [0.1, 0.15) is 11.6 Å². The molecule has 3 amide bonds. The fourth-order valence-corrected chi connectivity index (χ4v) is 5.67. The van der Waals surface area contributed by atoms with Crippen molar-refractivity contribution < 1.29 is 14.4 Å². The summed E-state index contributed by atoms with van der Waals surface area (Å²) in [4.78, 5) is 43.4. The number of piperazine rings is 1. The minimum Gasteiger partial charge on any atom is -0.353 e. The lowest BCUT2D eigenvalue weighted by atomic mass is 9.81. The highest BCUT2D eigenvalue weighted by Gasteiger charge is 2.52. The van der Waals surface area contributed by atoms with Crippen molar-refractivity contribution in [1.29, 1.82) is 0 Å². The van der Waals surface area contributed by atoms with Gasteiger partial charge in [0.05, 0.1) is 0 Å². The van der Waals surface area contributed by atoms with Crippen molar-refractivity contribution in [3.8, 4) is 0 Å². The van der Waals surface area contributed by atoms with E-state index in [1.807, 2.05) is 41.3 Å². The van der Waals surface area contributed by atoms with Gasteiger partial charge in [-0.25, -0.2) is 0 Å². The van der Waals surface area contributed by atoms with Gasteiger partial charge in [0, 0.05) is 38.8 Å². The second-order valence-corrected chi connectivity index (χ2v) is 10.7. The summed E-state index contributed by atoms with van der Waals surface area (Å²) in [6.45, 7) is 5.80. The number of carbonyl (C=O) groups is 3. The highest BCUT2D eigenvalue weighted by Crippen LogP contribution is 2.34. The zero-order valence-electron chi connectivity index (χ0n) is 23.1. The molecule has 0 unspecified atom stereocenters. The first-order chi connectivity index (χ1) is 19.0. The van der Waals surface area contributed by atoms with Crippen LogP contribution in [0.15, 0.2) is 66.7 Å². The van der Waals surface area contributed by atoms with Crippen molar-refractivity contribution in [3.05, 3.63) is 77.9 Å². The van der Waals surface area contributed by atoms with E-state index in [1.54, 1.807) is 6.08 Å². The van der Waals surface area contributed by atoms with Crippen LogP contribution >= 0.6 is 0 Å². The fraction of sp³-hybridized carbons (Fsp3) is 0.469. The van der Waals surface area contributed by atoms with Crippen LogP contribution in [0.4, 0.5) is 0 Å². The Labute approximate surface area is 232 Å². The van der Waals surface area contributed by atoms with E-state index >= 15 is 0 Å². The number of amides is 3. The third-order valence-corrected chi connectivity index (χ3v) is 7.94. The number of piperidine rings is 1. The molecule has 0 aliphatic carbocycles. The molecule has 0 aromatic heterocycles. The maximum absolute atomic E-state index is 13.5. The summed E-state index contributed by atoms with van der Waals surface area (Å²) in [5.41, 5.74) is 1.57. The smallest absolute Gasteiger partial charge is 0.246 e. The number of rotatable bonds is 12. The molecule has 2 aliphatic heterocycles. The van der Waals surface area contributed by atoms with Gasteiger partial charge in [0.25, 0.3) is 0 Å². The summed E-state index contributed by atoms with van der Waals surface area (Å²) in [6.07, 6.45) is 8.58. The van der Waals surface area contributed by atoms with Gasteiger partial charge in [-0.3, -0.25) is 14.4 Å². The molecule has 208 valence electrons. The molecule has 2 aliphatic rings. The van der Waals surface area contributed by atoms with Crippen LogP contribution in [0.5, 0.6) is 0 Å². The molecule has 2 N–H and O–H groups in total. The summed E-state index contributed by atoms with van der Waals surface area (Å²) in [6, 6.07) is 19.7. The van der Waals surface area contributed by atoms with E-state index in [0.717, 1.165) is 50.9 Å². The molecule has 2 aromatic rings. The lowest BCUT2D eigenvalue weighted by Crippen LogP contribution is -2.72. The normalized spacial score (nSPS) is 19.4. The maximum atomic E-state index is 13.5. The Morgan fingerprint density at radius 3 is 2.38 bits per heavy atom. The topological polar surface area (TPSA) is 81.8 Å². The number of likely N-dealkylation sites (tertiary alicyclic amines) is 1. The van der Waals surface area contributed by atoms with E-state index in [4.69, 9.17) is 0 Å². The van der Waals surface area contributed by atoms with Gasteiger partial charge in [0.2, 0.25) is 17.7 Å². The second-order valence-electron chi connectivity index (χ2n) is 10.7. The highest BCUT2D eigenvalue weighted by atomic mass is 16.2. The van der Waals surface area contributed by atoms with Crippen LogP contribution in [0, 0.1) is 0 Å². The van der Waals surface area contributed by atoms with Crippen LogP contribution in [0.25, 0.3) is 6.08 Å². The van der Waals surface area contributed by atoms with E-state index in [1.165, 1.54) is 11.6 Å². The molecule has 0 saturated carbocycles. The van der Waals surface area contributed by atoms with Crippen LogP contribution in [0.2, 0.25) is 0 Å². The van der Waals surface area contributed by atoms with Gasteiger partial charge < -0.3 is 20.4 Å². The summed E-state index contributed by atoms with van der Waals surface area (Å²) < 4.78 is 0. The predicted molar refractivity (Wildman–Crippen MR) is 155 cm³/mol. The number of nitrogens with zero attached hydrogens (tertiary/aromatic N) is 2. The molecule has 7 heteroatoms. The summed E-state index contributed by atoms with van der Waals surface area (Å²) >= 11 is 0. The number of benzene rings is 2. The molecular formula is C32H42N4O3. The van der Waals surface area contributed by atoms with Crippen LogP contribution in [-0.4, -0.2) is 71.8 Å². The zero-order chi connectivity index (χ0) is 27.5. The monoisotopic (exact) mass is 530 g/mol. The highest BCUT2D eigenvalue weighted by molar-refractivity contribution is 6.00.